The van der Waals surface area contributed by atoms with E-state index in [4.69, 9.17) is 5.11 Å². The van der Waals surface area contributed by atoms with Crippen molar-refractivity contribution in [2.24, 2.45) is 0 Å². The van der Waals surface area contributed by atoms with Crippen LogP contribution in [0.15, 0.2) is 18.2 Å². The van der Waals surface area contributed by atoms with Crippen LogP contribution >= 0.6 is 0 Å². The van der Waals surface area contributed by atoms with Crippen LogP contribution in [0.3, 0.4) is 0 Å². The number of carbonyl (C=O) groups is 1. The van der Waals surface area contributed by atoms with Gasteiger partial charge < -0.3 is 10.2 Å². The lowest BCUT2D eigenvalue weighted by molar-refractivity contribution is 0.0696. The zero-order valence-electron chi connectivity index (χ0n) is 10.0. The normalized spacial score (nSPS) is 10.8. The molecule has 0 aliphatic heterocycles. The monoisotopic (exact) mass is 230 g/mol. The van der Waals surface area contributed by atoms with Crippen molar-refractivity contribution in [1.82, 2.24) is 0 Å². The van der Waals surface area contributed by atoms with Gasteiger partial charge in [-0.2, -0.15) is 0 Å². The maximum absolute atomic E-state index is 11.1. The van der Waals surface area contributed by atoms with E-state index in [0.717, 1.165) is 27.5 Å². The van der Waals surface area contributed by atoms with Gasteiger partial charge in [-0.1, -0.05) is 6.07 Å². The second-order valence-corrected chi connectivity index (χ2v) is 4.29. The molecule has 0 unspecified atom stereocenters. The van der Waals surface area contributed by atoms with Crippen LogP contribution in [0.25, 0.3) is 10.8 Å². The molecule has 0 aromatic heterocycles. The van der Waals surface area contributed by atoms with Gasteiger partial charge in [-0.3, -0.25) is 0 Å². The molecular formula is C14H14O3. The third kappa shape index (κ3) is 1.64. The van der Waals surface area contributed by atoms with Crippen molar-refractivity contribution < 1.29 is 15.0 Å². The molecule has 0 radical (unpaired) electrons. The average molecular weight is 230 g/mol. The fourth-order valence-electron chi connectivity index (χ4n) is 2.22. The molecule has 0 fully saturated rings. The molecule has 3 heteroatoms. The third-order valence-corrected chi connectivity index (χ3v) is 3.34. The summed E-state index contributed by atoms with van der Waals surface area (Å²) >= 11 is 0. The van der Waals surface area contributed by atoms with E-state index in [0.29, 0.717) is 5.56 Å². The molecule has 17 heavy (non-hydrogen) atoms. The zero-order chi connectivity index (χ0) is 12.7. The van der Waals surface area contributed by atoms with Crippen LogP contribution in [-0.4, -0.2) is 16.2 Å². The fourth-order valence-corrected chi connectivity index (χ4v) is 2.22. The first-order valence-electron chi connectivity index (χ1n) is 5.39. The number of aromatic carboxylic acids is 1. The Morgan fingerprint density at radius 3 is 2.29 bits per heavy atom. The summed E-state index contributed by atoms with van der Waals surface area (Å²) in [4.78, 5) is 11.1. The smallest absolute Gasteiger partial charge is 0.335 e. The Labute approximate surface area is 99.3 Å². The van der Waals surface area contributed by atoms with E-state index in [1.165, 1.54) is 0 Å². The number of phenolic OH excluding ortho intramolecular Hbond substituents is 1. The van der Waals surface area contributed by atoms with Gasteiger partial charge in [0, 0.05) is 0 Å². The van der Waals surface area contributed by atoms with Gasteiger partial charge >= 0.3 is 5.97 Å². The van der Waals surface area contributed by atoms with Gasteiger partial charge in [0.05, 0.1) is 5.56 Å². The van der Waals surface area contributed by atoms with Crippen molar-refractivity contribution in [1.29, 1.82) is 0 Å². The van der Waals surface area contributed by atoms with E-state index in [1.54, 1.807) is 25.1 Å². The molecule has 0 bridgehead atoms. The second kappa shape index (κ2) is 3.77. The Balaban J connectivity index is 2.96. The number of rotatable bonds is 1. The van der Waals surface area contributed by atoms with Gasteiger partial charge in [0.1, 0.15) is 5.75 Å². The van der Waals surface area contributed by atoms with Crippen molar-refractivity contribution in [2.45, 2.75) is 20.8 Å². The quantitative estimate of drug-likeness (QED) is 0.791. The largest absolute Gasteiger partial charge is 0.508 e. The Hall–Kier alpha value is -2.03. The Morgan fingerprint density at radius 1 is 1.06 bits per heavy atom. The van der Waals surface area contributed by atoms with Gasteiger partial charge in [0.25, 0.3) is 0 Å². The van der Waals surface area contributed by atoms with Crippen LogP contribution < -0.4 is 0 Å². The summed E-state index contributed by atoms with van der Waals surface area (Å²) in [6.45, 7) is 5.52. The highest BCUT2D eigenvalue weighted by Crippen LogP contribution is 2.32. The molecule has 0 aliphatic carbocycles. The maximum Gasteiger partial charge on any atom is 0.335 e. The number of fused-ring (bicyclic) bond motifs is 1. The van der Waals surface area contributed by atoms with Gasteiger partial charge in [-0.15, -0.1) is 0 Å². The fraction of sp³-hybridized carbons (Fsp3) is 0.214. The Kier molecular flexibility index (Phi) is 2.54. The van der Waals surface area contributed by atoms with Crippen molar-refractivity contribution in [3.8, 4) is 5.75 Å². The summed E-state index contributed by atoms with van der Waals surface area (Å²) in [5.74, 6) is -0.679. The number of phenols is 1. The summed E-state index contributed by atoms with van der Waals surface area (Å²) in [5, 5.41) is 20.6. The van der Waals surface area contributed by atoms with Gasteiger partial charge in [0.15, 0.2) is 0 Å². The number of hydrogen-bond donors (Lipinski definition) is 2. The lowest BCUT2D eigenvalue weighted by atomic mass is 9.93. The standard InChI is InChI=1S/C14H14O3/c1-7-8(2)13-9(3)12(15)5-4-10(13)6-11(7)14(16)17/h4-6,15H,1-3H3,(H,16,17). The van der Waals surface area contributed by atoms with Crippen LogP contribution in [0.2, 0.25) is 0 Å². The molecule has 2 aromatic carbocycles. The maximum atomic E-state index is 11.1. The second-order valence-electron chi connectivity index (χ2n) is 4.29. The van der Waals surface area contributed by atoms with E-state index in [9.17, 15) is 9.90 Å². The highest BCUT2D eigenvalue weighted by molar-refractivity contribution is 5.99. The first kappa shape index (κ1) is 11.5. The molecule has 2 aromatic rings. The Bertz CT molecular complexity index is 627. The molecule has 0 heterocycles. The van der Waals surface area contributed by atoms with E-state index < -0.39 is 5.97 Å². The van der Waals surface area contributed by atoms with Crippen LogP contribution in [0.1, 0.15) is 27.0 Å². The molecule has 0 spiro atoms. The first-order valence-corrected chi connectivity index (χ1v) is 5.39. The summed E-state index contributed by atoms with van der Waals surface area (Å²) in [5.41, 5.74) is 2.77. The van der Waals surface area contributed by atoms with Crippen molar-refractivity contribution in [3.63, 3.8) is 0 Å². The number of carboxylic acid groups (broad SMARTS) is 1. The highest BCUT2D eigenvalue weighted by atomic mass is 16.4. The predicted octanol–water partition coefficient (Wildman–Crippen LogP) is 3.17. The van der Waals surface area contributed by atoms with Crippen molar-refractivity contribution in [2.75, 3.05) is 0 Å². The number of benzene rings is 2. The van der Waals surface area contributed by atoms with E-state index >= 15 is 0 Å². The lowest BCUT2D eigenvalue weighted by Crippen LogP contribution is -2.02. The number of aryl methyl sites for hydroxylation is 2. The van der Waals surface area contributed by atoms with E-state index in [1.807, 2.05) is 13.8 Å². The van der Waals surface area contributed by atoms with E-state index in [2.05, 4.69) is 0 Å². The SMILES string of the molecule is Cc1c(C(=O)O)cc2ccc(O)c(C)c2c1C. The van der Waals surface area contributed by atoms with Gasteiger partial charge in [-0.05, 0) is 60.4 Å². The first-order chi connectivity index (χ1) is 7.93. The minimum absolute atomic E-state index is 0.239. The summed E-state index contributed by atoms with van der Waals surface area (Å²) in [7, 11) is 0. The van der Waals surface area contributed by atoms with Crippen LogP contribution in [-0.2, 0) is 0 Å². The molecule has 2 N–H and O–H groups in total. The van der Waals surface area contributed by atoms with Crippen molar-refractivity contribution in [3.05, 3.63) is 40.5 Å². The number of aromatic hydroxyl groups is 1. The topological polar surface area (TPSA) is 57.5 Å². The predicted molar refractivity (Wildman–Crippen MR) is 66.8 cm³/mol. The summed E-state index contributed by atoms with van der Waals surface area (Å²) < 4.78 is 0. The molecule has 0 amide bonds. The molecule has 0 saturated heterocycles. The lowest BCUT2D eigenvalue weighted by Gasteiger charge is -2.12. The average Bonchev–Trinajstić information content (AvgIpc) is 2.27. The zero-order valence-corrected chi connectivity index (χ0v) is 10.0. The third-order valence-electron chi connectivity index (χ3n) is 3.34. The Morgan fingerprint density at radius 2 is 1.71 bits per heavy atom. The number of carboxylic acids is 1. The van der Waals surface area contributed by atoms with Crippen LogP contribution in [0.4, 0.5) is 0 Å². The molecule has 0 saturated carbocycles. The minimum atomic E-state index is -0.918. The van der Waals surface area contributed by atoms with Crippen molar-refractivity contribution >= 4 is 16.7 Å². The molecule has 0 aliphatic rings. The van der Waals surface area contributed by atoms with Gasteiger partial charge in [-0.25, -0.2) is 4.79 Å². The molecule has 3 nitrogen and oxygen atoms in total. The minimum Gasteiger partial charge on any atom is -0.508 e. The summed E-state index contributed by atoms with van der Waals surface area (Å²) in [6, 6.07) is 5.00. The van der Waals surface area contributed by atoms with Crippen LogP contribution in [0, 0.1) is 20.8 Å². The summed E-state index contributed by atoms with van der Waals surface area (Å²) in [6.07, 6.45) is 0. The van der Waals surface area contributed by atoms with Gasteiger partial charge in [0.2, 0.25) is 0 Å². The molecular weight excluding hydrogens is 216 g/mol. The molecule has 0 atom stereocenters. The van der Waals surface area contributed by atoms with E-state index in [-0.39, 0.29) is 5.75 Å². The highest BCUT2D eigenvalue weighted by Gasteiger charge is 2.14. The number of hydrogen-bond acceptors (Lipinski definition) is 2. The molecule has 2 rings (SSSR count). The van der Waals surface area contributed by atoms with Crippen LogP contribution in [0.5, 0.6) is 5.75 Å². The molecule has 88 valence electrons.